The molecule has 2 aromatic rings. The van der Waals surface area contributed by atoms with Gasteiger partial charge >= 0.3 is 0 Å². The molecule has 1 heterocycles. The van der Waals surface area contributed by atoms with Gasteiger partial charge in [-0.1, -0.05) is 23.9 Å². The van der Waals surface area contributed by atoms with E-state index in [2.05, 4.69) is 10.3 Å². The molecule has 0 saturated heterocycles. The van der Waals surface area contributed by atoms with Crippen molar-refractivity contribution >= 4 is 23.4 Å². The lowest BCUT2D eigenvalue weighted by molar-refractivity contribution is 0.102. The second-order valence-corrected chi connectivity index (χ2v) is 5.15. The van der Waals surface area contributed by atoms with E-state index in [1.165, 1.54) is 12.4 Å². The van der Waals surface area contributed by atoms with Gasteiger partial charge in [-0.25, -0.2) is 4.98 Å². The summed E-state index contributed by atoms with van der Waals surface area (Å²) in [6, 6.07) is 6.40. The Morgan fingerprint density at radius 2 is 2.19 bits per heavy atom. The lowest BCUT2D eigenvalue weighted by Gasteiger charge is -2.09. The van der Waals surface area contributed by atoms with Crippen LogP contribution in [0.2, 0.25) is 0 Å². The lowest BCUT2D eigenvalue weighted by atomic mass is 10.3. The number of halogens is 2. The van der Waals surface area contributed by atoms with Crippen molar-refractivity contribution in [1.82, 2.24) is 9.55 Å². The average molecular weight is 312 g/mol. The second kappa shape index (κ2) is 7.19. The maximum absolute atomic E-state index is 12.5. The van der Waals surface area contributed by atoms with Crippen LogP contribution < -0.4 is 11.1 Å². The van der Waals surface area contributed by atoms with Crippen molar-refractivity contribution in [2.24, 2.45) is 5.73 Å². The molecule has 0 aliphatic heterocycles. The van der Waals surface area contributed by atoms with E-state index >= 15 is 0 Å². The van der Waals surface area contributed by atoms with Crippen LogP contribution in [0.4, 0.5) is 14.5 Å². The maximum Gasteiger partial charge on any atom is 0.288 e. The van der Waals surface area contributed by atoms with Gasteiger partial charge in [0.15, 0.2) is 0 Å². The number of thioether (sulfide) groups is 1. The van der Waals surface area contributed by atoms with Crippen LogP contribution in [0.1, 0.15) is 10.5 Å². The summed E-state index contributed by atoms with van der Waals surface area (Å²) in [5.74, 6) is -3.00. The first-order valence-electron chi connectivity index (χ1n) is 6.17. The molecule has 3 N–H and O–H groups in total. The number of nitrogens with two attached hydrogens (primary N) is 1. The highest BCUT2D eigenvalue weighted by molar-refractivity contribution is 7.99. The number of hydrogen-bond donors (Lipinski definition) is 2. The molecule has 0 fully saturated rings. The van der Waals surface area contributed by atoms with Gasteiger partial charge in [-0.3, -0.25) is 4.79 Å². The fourth-order valence-corrected chi connectivity index (χ4v) is 2.30. The van der Waals surface area contributed by atoms with Crippen LogP contribution in [0.25, 0.3) is 0 Å². The molecule has 0 saturated carbocycles. The summed E-state index contributed by atoms with van der Waals surface area (Å²) in [4.78, 5) is 16.3. The van der Waals surface area contributed by atoms with Crippen molar-refractivity contribution in [2.75, 3.05) is 11.9 Å². The van der Waals surface area contributed by atoms with Crippen LogP contribution in [-0.2, 0) is 6.54 Å². The Morgan fingerprint density at radius 1 is 1.43 bits per heavy atom. The van der Waals surface area contributed by atoms with Gasteiger partial charge in [-0.15, -0.1) is 0 Å². The minimum absolute atomic E-state index is 0.209. The molecule has 112 valence electrons. The van der Waals surface area contributed by atoms with Crippen LogP contribution in [0.3, 0.4) is 0 Å². The third-order valence-electron chi connectivity index (χ3n) is 2.60. The summed E-state index contributed by atoms with van der Waals surface area (Å²) in [6.45, 7) is 0.989. The predicted molar refractivity (Wildman–Crippen MR) is 77.5 cm³/mol. The average Bonchev–Trinajstić information content (AvgIpc) is 2.89. The van der Waals surface area contributed by atoms with Gasteiger partial charge < -0.3 is 15.6 Å². The highest BCUT2D eigenvalue weighted by Gasteiger charge is 2.14. The molecule has 1 aromatic heterocycles. The van der Waals surface area contributed by atoms with Crippen LogP contribution in [0.5, 0.6) is 0 Å². The monoisotopic (exact) mass is 312 g/mol. The number of carbonyl (C=O) groups is 1. The minimum Gasteiger partial charge on any atom is -0.335 e. The van der Waals surface area contributed by atoms with E-state index in [0.29, 0.717) is 35.4 Å². The number of nitrogens with zero attached hydrogens (tertiary/aromatic N) is 2. The Balaban J connectivity index is 2.11. The van der Waals surface area contributed by atoms with E-state index in [1.807, 2.05) is 0 Å². The maximum atomic E-state index is 12.5. The largest absolute Gasteiger partial charge is 0.335 e. The van der Waals surface area contributed by atoms with Gasteiger partial charge in [0, 0.05) is 24.2 Å². The molecular formula is C13H14F2N4OS. The summed E-state index contributed by atoms with van der Waals surface area (Å²) in [6.07, 6.45) is 3.06. The Morgan fingerprint density at radius 3 is 2.90 bits per heavy atom. The molecule has 0 spiro atoms. The summed E-state index contributed by atoms with van der Waals surface area (Å²) < 4.78 is 26.6. The molecule has 0 radical (unpaired) electrons. The Bertz CT molecular complexity index is 618. The standard InChI is InChI=1S/C13H14F2N4OS/c14-13(15)21-11-4-2-1-3-9(11)18-12(20)10-7-19(6-5-16)8-17-10/h1-4,7-8,13H,5-6,16H2,(H,18,20). The quantitative estimate of drug-likeness (QED) is 0.803. The Kier molecular flexibility index (Phi) is 5.29. The van der Waals surface area contributed by atoms with Gasteiger partial charge in [0.25, 0.3) is 11.7 Å². The van der Waals surface area contributed by atoms with Gasteiger partial charge in [0.1, 0.15) is 5.69 Å². The third kappa shape index (κ3) is 4.27. The fraction of sp³-hybridized carbons (Fsp3) is 0.231. The lowest BCUT2D eigenvalue weighted by Crippen LogP contribution is -2.13. The van der Waals surface area contributed by atoms with E-state index < -0.39 is 11.7 Å². The molecule has 21 heavy (non-hydrogen) atoms. The molecule has 0 unspecified atom stereocenters. The van der Waals surface area contributed by atoms with Gasteiger partial charge in [-0.2, -0.15) is 8.78 Å². The van der Waals surface area contributed by atoms with Crippen molar-refractivity contribution in [3.05, 3.63) is 42.5 Å². The number of imidazole rings is 1. The zero-order chi connectivity index (χ0) is 15.2. The van der Waals surface area contributed by atoms with Crippen LogP contribution in [0.15, 0.2) is 41.7 Å². The first-order valence-corrected chi connectivity index (χ1v) is 7.05. The topological polar surface area (TPSA) is 72.9 Å². The number of benzene rings is 1. The molecule has 0 atom stereocenters. The molecule has 5 nitrogen and oxygen atoms in total. The van der Waals surface area contributed by atoms with Crippen molar-refractivity contribution in [3.63, 3.8) is 0 Å². The number of nitrogens with one attached hydrogen (secondary N) is 1. The first kappa shape index (κ1) is 15.5. The zero-order valence-corrected chi connectivity index (χ0v) is 11.8. The second-order valence-electron chi connectivity index (χ2n) is 4.11. The molecule has 0 aliphatic rings. The van der Waals surface area contributed by atoms with Crippen molar-refractivity contribution in [3.8, 4) is 0 Å². The van der Waals surface area contributed by atoms with E-state index in [4.69, 9.17) is 5.73 Å². The zero-order valence-electron chi connectivity index (χ0n) is 11.0. The number of carbonyl (C=O) groups excluding carboxylic acids is 1. The van der Waals surface area contributed by atoms with Gasteiger partial charge in [-0.05, 0) is 12.1 Å². The van der Waals surface area contributed by atoms with Gasteiger partial charge in [0.05, 0.1) is 12.0 Å². The normalized spacial score (nSPS) is 10.9. The van der Waals surface area contributed by atoms with Crippen LogP contribution in [-0.4, -0.2) is 27.8 Å². The number of amides is 1. The molecular weight excluding hydrogens is 298 g/mol. The summed E-state index contributed by atoms with van der Waals surface area (Å²) in [5, 5.41) is 2.59. The number of rotatable bonds is 6. The smallest absolute Gasteiger partial charge is 0.288 e. The summed E-state index contributed by atoms with van der Waals surface area (Å²) in [5.41, 5.74) is 5.96. The van der Waals surface area contributed by atoms with E-state index in [-0.39, 0.29) is 5.69 Å². The molecule has 1 aromatic carbocycles. The number of para-hydroxylation sites is 1. The molecule has 1 amide bonds. The summed E-state index contributed by atoms with van der Waals surface area (Å²) in [7, 11) is 0. The number of aromatic nitrogens is 2. The molecule has 2 rings (SSSR count). The number of anilines is 1. The summed E-state index contributed by atoms with van der Waals surface area (Å²) >= 11 is 0.385. The van der Waals surface area contributed by atoms with E-state index in [1.54, 1.807) is 29.0 Å². The minimum atomic E-state index is -2.55. The van der Waals surface area contributed by atoms with Crippen LogP contribution >= 0.6 is 11.8 Å². The fourth-order valence-electron chi connectivity index (χ4n) is 1.70. The van der Waals surface area contributed by atoms with Gasteiger partial charge in [0.2, 0.25) is 0 Å². The van der Waals surface area contributed by atoms with Crippen molar-refractivity contribution in [2.45, 2.75) is 17.2 Å². The van der Waals surface area contributed by atoms with E-state index in [0.717, 1.165) is 0 Å². The predicted octanol–water partition coefficient (Wildman–Crippen LogP) is 2.41. The molecule has 0 aliphatic carbocycles. The Labute approximate surface area is 124 Å². The third-order valence-corrected chi connectivity index (χ3v) is 3.39. The molecule has 8 heteroatoms. The number of hydrogen-bond acceptors (Lipinski definition) is 4. The number of alkyl halides is 2. The first-order chi connectivity index (χ1) is 10.1. The molecule has 0 bridgehead atoms. The van der Waals surface area contributed by atoms with Crippen molar-refractivity contribution < 1.29 is 13.6 Å². The van der Waals surface area contributed by atoms with Crippen LogP contribution in [0, 0.1) is 0 Å². The van der Waals surface area contributed by atoms with Crippen molar-refractivity contribution in [1.29, 1.82) is 0 Å². The highest BCUT2D eigenvalue weighted by atomic mass is 32.2. The Hall–Kier alpha value is -1.93. The SMILES string of the molecule is NCCn1cnc(C(=O)Nc2ccccc2SC(F)F)c1. The van der Waals surface area contributed by atoms with E-state index in [9.17, 15) is 13.6 Å². The highest BCUT2D eigenvalue weighted by Crippen LogP contribution is 2.31.